The number of hydrogen-bond donors (Lipinski definition) is 2. The Hall–Kier alpha value is -0.740. The van der Waals surface area contributed by atoms with Crippen LogP contribution < -0.4 is 10.1 Å². The summed E-state index contributed by atoms with van der Waals surface area (Å²) >= 11 is 3.38. The highest BCUT2D eigenvalue weighted by molar-refractivity contribution is 9.10. The number of methoxy groups -OCH3 is 1. The summed E-state index contributed by atoms with van der Waals surface area (Å²) in [5.74, 6) is 0.710. The largest absolute Gasteiger partial charge is 0.504 e. The van der Waals surface area contributed by atoms with Crippen LogP contribution >= 0.6 is 15.9 Å². The van der Waals surface area contributed by atoms with Crippen LogP contribution in [0.3, 0.4) is 0 Å². The molecule has 0 amide bonds. The second-order valence-electron chi connectivity index (χ2n) is 3.29. The van der Waals surface area contributed by atoms with Gasteiger partial charge in [0.1, 0.15) is 0 Å². The SMILES string of the molecule is CCCNCc1cc(Br)cc(OC)c1O. The highest BCUT2D eigenvalue weighted by Crippen LogP contribution is 2.33. The number of halogens is 1. The van der Waals surface area contributed by atoms with Gasteiger partial charge in [-0.05, 0) is 25.1 Å². The van der Waals surface area contributed by atoms with Crippen molar-refractivity contribution >= 4 is 15.9 Å². The molecule has 2 N–H and O–H groups in total. The Labute approximate surface area is 98.6 Å². The van der Waals surface area contributed by atoms with Crippen LogP contribution in [0.25, 0.3) is 0 Å². The predicted molar refractivity (Wildman–Crippen MR) is 64.4 cm³/mol. The first kappa shape index (κ1) is 12.3. The molecular formula is C11H16BrNO2. The zero-order chi connectivity index (χ0) is 11.3. The molecule has 0 saturated carbocycles. The number of aromatic hydroxyl groups is 1. The van der Waals surface area contributed by atoms with E-state index >= 15 is 0 Å². The molecule has 0 aliphatic heterocycles. The topological polar surface area (TPSA) is 41.5 Å². The van der Waals surface area contributed by atoms with Crippen molar-refractivity contribution in [3.8, 4) is 11.5 Å². The van der Waals surface area contributed by atoms with Gasteiger partial charge in [-0.1, -0.05) is 22.9 Å². The summed E-state index contributed by atoms with van der Waals surface area (Å²) in [6.07, 6.45) is 1.08. The summed E-state index contributed by atoms with van der Waals surface area (Å²) in [6, 6.07) is 3.64. The van der Waals surface area contributed by atoms with Crippen molar-refractivity contribution in [1.29, 1.82) is 0 Å². The van der Waals surface area contributed by atoms with Crippen LogP contribution in [0, 0.1) is 0 Å². The molecule has 0 bridgehead atoms. The average Bonchev–Trinajstić information content (AvgIpc) is 2.23. The minimum atomic E-state index is 0.212. The molecule has 15 heavy (non-hydrogen) atoms. The lowest BCUT2D eigenvalue weighted by Gasteiger charge is -2.10. The second-order valence-corrected chi connectivity index (χ2v) is 4.21. The third-order valence-electron chi connectivity index (χ3n) is 2.08. The molecular weight excluding hydrogens is 258 g/mol. The molecule has 0 saturated heterocycles. The smallest absolute Gasteiger partial charge is 0.162 e. The predicted octanol–water partition coefficient (Wildman–Crippen LogP) is 2.66. The molecule has 0 atom stereocenters. The van der Waals surface area contributed by atoms with Crippen LogP contribution in [-0.2, 0) is 6.54 Å². The van der Waals surface area contributed by atoms with Gasteiger partial charge >= 0.3 is 0 Å². The zero-order valence-corrected chi connectivity index (χ0v) is 10.6. The van der Waals surface area contributed by atoms with Gasteiger partial charge in [0.15, 0.2) is 11.5 Å². The molecule has 0 fully saturated rings. The molecule has 84 valence electrons. The second kappa shape index (κ2) is 5.98. The minimum Gasteiger partial charge on any atom is -0.504 e. The van der Waals surface area contributed by atoms with Crippen molar-refractivity contribution in [2.45, 2.75) is 19.9 Å². The van der Waals surface area contributed by atoms with Gasteiger partial charge in [-0.15, -0.1) is 0 Å². The summed E-state index contributed by atoms with van der Waals surface area (Å²) in [5.41, 5.74) is 0.842. The van der Waals surface area contributed by atoms with Gasteiger partial charge in [0.05, 0.1) is 7.11 Å². The first-order chi connectivity index (χ1) is 7.19. The van der Waals surface area contributed by atoms with Crippen molar-refractivity contribution in [3.05, 3.63) is 22.2 Å². The van der Waals surface area contributed by atoms with Crippen molar-refractivity contribution in [1.82, 2.24) is 5.32 Å². The van der Waals surface area contributed by atoms with Gasteiger partial charge in [-0.2, -0.15) is 0 Å². The molecule has 4 heteroatoms. The maximum atomic E-state index is 9.83. The maximum Gasteiger partial charge on any atom is 0.162 e. The first-order valence-electron chi connectivity index (χ1n) is 4.95. The molecule has 0 unspecified atom stereocenters. The summed E-state index contributed by atoms with van der Waals surface area (Å²) in [4.78, 5) is 0. The van der Waals surface area contributed by atoms with Gasteiger partial charge in [-0.25, -0.2) is 0 Å². The molecule has 1 aromatic rings. The van der Waals surface area contributed by atoms with Crippen LogP contribution in [-0.4, -0.2) is 18.8 Å². The van der Waals surface area contributed by atoms with E-state index in [0.717, 1.165) is 23.0 Å². The lowest BCUT2D eigenvalue weighted by Crippen LogP contribution is -2.14. The lowest BCUT2D eigenvalue weighted by atomic mass is 10.2. The summed E-state index contributed by atoms with van der Waals surface area (Å²) in [7, 11) is 1.55. The van der Waals surface area contributed by atoms with E-state index in [1.165, 1.54) is 0 Å². The van der Waals surface area contributed by atoms with E-state index in [-0.39, 0.29) is 5.75 Å². The Kier molecular flexibility index (Phi) is 4.91. The molecule has 1 aromatic carbocycles. The standard InChI is InChI=1S/C11H16BrNO2/c1-3-4-13-7-8-5-9(12)6-10(15-2)11(8)14/h5-6,13-14H,3-4,7H2,1-2H3. The highest BCUT2D eigenvalue weighted by Gasteiger charge is 2.08. The number of benzene rings is 1. The number of hydrogen-bond acceptors (Lipinski definition) is 3. The van der Waals surface area contributed by atoms with E-state index in [1.54, 1.807) is 13.2 Å². The Morgan fingerprint density at radius 3 is 2.80 bits per heavy atom. The van der Waals surface area contributed by atoms with Crippen molar-refractivity contribution < 1.29 is 9.84 Å². The molecule has 1 rings (SSSR count). The number of rotatable bonds is 5. The van der Waals surface area contributed by atoms with Gasteiger partial charge in [0.2, 0.25) is 0 Å². The average molecular weight is 274 g/mol. The van der Waals surface area contributed by atoms with Crippen molar-refractivity contribution in [3.63, 3.8) is 0 Å². The van der Waals surface area contributed by atoms with Gasteiger partial charge < -0.3 is 15.2 Å². The lowest BCUT2D eigenvalue weighted by molar-refractivity contribution is 0.369. The van der Waals surface area contributed by atoms with Crippen LogP contribution in [0.2, 0.25) is 0 Å². The maximum absolute atomic E-state index is 9.83. The fourth-order valence-electron chi connectivity index (χ4n) is 1.32. The molecule has 0 aliphatic carbocycles. The minimum absolute atomic E-state index is 0.212. The molecule has 0 spiro atoms. The van der Waals surface area contributed by atoms with Crippen LogP contribution in [0.4, 0.5) is 0 Å². The van der Waals surface area contributed by atoms with Gasteiger partial charge in [0, 0.05) is 16.6 Å². The van der Waals surface area contributed by atoms with Crippen LogP contribution in [0.15, 0.2) is 16.6 Å². The third kappa shape index (κ3) is 3.39. The molecule has 0 aromatic heterocycles. The van der Waals surface area contributed by atoms with E-state index in [9.17, 15) is 5.11 Å². The van der Waals surface area contributed by atoms with Crippen LogP contribution in [0.1, 0.15) is 18.9 Å². The fourth-order valence-corrected chi connectivity index (χ4v) is 1.80. The Bertz CT molecular complexity index is 329. The summed E-state index contributed by atoms with van der Waals surface area (Å²) < 4.78 is 5.97. The quantitative estimate of drug-likeness (QED) is 0.811. The van der Waals surface area contributed by atoms with E-state index in [0.29, 0.717) is 12.3 Å². The van der Waals surface area contributed by atoms with Gasteiger partial charge in [-0.3, -0.25) is 0 Å². The first-order valence-corrected chi connectivity index (χ1v) is 5.74. The summed E-state index contributed by atoms with van der Waals surface area (Å²) in [5, 5.41) is 13.1. The number of ether oxygens (including phenoxy) is 1. The number of nitrogens with one attached hydrogen (secondary N) is 1. The molecule has 0 aliphatic rings. The van der Waals surface area contributed by atoms with Gasteiger partial charge in [0.25, 0.3) is 0 Å². The van der Waals surface area contributed by atoms with E-state index in [4.69, 9.17) is 4.74 Å². The molecule has 0 heterocycles. The third-order valence-corrected chi connectivity index (χ3v) is 2.54. The Morgan fingerprint density at radius 2 is 2.20 bits per heavy atom. The monoisotopic (exact) mass is 273 g/mol. The number of phenolic OH excluding ortho intramolecular Hbond substituents is 1. The van der Waals surface area contributed by atoms with Crippen molar-refractivity contribution in [2.24, 2.45) is 0 Å². The highest BCUT2D eigenvalue weighted by atomic mass is 79.9. The molecule has 0 radical (unpaired) electrons. The Morgan fingerprint density at radius 1 is 1.47 bits per heavy atom. The van der Waals surface area contributed by atoms with E-state index in [2.05, 4.69) is 28.2 Å². The fraction of sp³-hybridized carbons (Fsp3) is 0.455. The molecule has 3 nitrogen and oxygen atoms in total. The van der Waals surface area contributed by atoms with E-state index in [1.807, 2.05) is 6.07 Å². The van der Waals surface area contributed by atoms with Crippen molar-refractivity contribution in [2.75, 3.05) is 13.7 Å². The number of phenols is 1. The zero-order valence-electron chi connectivity index (χ0n) is 9.01. The van der Waals surface area contributed by atoms with Crippen LogP contribution in [0.5, 0.6) is 11.5 Å². The Balaban J connectivity index is 2.81. The van der Waals surface area contributed by atoms with E-state index < -0.39 is 0 Å². The summed E-state index contributed by atoms with van der Waals surface area (Å²) in [6.45, 7) is 3.69. The normalized spacial score (nSPS) is 10.3.